The first kappa shape index (κ1) is 41.6. The molecule has 2 aliphatic rings. The van der Waals surface area contributed by atoms with Crippen molar-refractivity contribution in [3.8, 4) is 61.5 Å². The lowest BCUT2D eigenvalue weighted by molar-refractivity contribution is 1.13. The van der Waals surface area contributed by atoms with Crippen LogP contribution in [0, 0.1) is 0 Å². The minimum absolute atomic E-state index is 0.0963. The van der Waals surface area contributed by atoms with Gasteiger partial charge in [-0.3, -0.25) is 0 Å². The van der Waals surface area contributed by atoms with Gasteiger partial charge in [-0.15, -0.1) is 0 Å². The Morgan fingerprint density at radius 1 is 0.250 bits per heavy atom. The van der Waals surface area contributed by atoms with E-state index < -0.39 is 0 Å². The van der Waals surface area contributed by atoms with Crippen molar-refractivity contribution >= 4 is 68.1 Å². The van der Waals surface area contributed by atoms with Crippen LogP contribution in [0.3, 0.4) is 0 Å². The van der Waals surface area contributed by atoms with Crippen molar-refractivity contribution in [2.75, 3.05) is 9.80 Å². The Kier molecular flexibility index (Phi) is 9.96. The molecular formula is C68H46BN3. The Morgan fingerprint density at radius 2 is 0.625 bits per heavy atom. The predicted octanol–water partition coefficient (Wildman–Crippen LogP) is 16.0. The molecule has 11 aromatic carbocycles. The Balaban J connectivity index is 1.09. The average molecular weight is 916 g/mol. The van der Waals surface area contributed by atoms with E-state index in [1.54, 1.807) is 0 Å². The normalized spacial score (nSPS) is 12.4. The van der Waals surface area contributed by atoms with Gasteiger partial charge in [-0.05, 0) is 134 Å². The van der Waals surface area contributed by atoms with E-state index in [2.05, 4.69) is 293 Å². The van der Waals surface area contributed by atoms with E-state index in [1.807, 2.05) is 0 Å². The number of hydrogen-bond donors (Lipinski definition) is 0. The second-order valence-corrected chi connectivity index (χ2v) is 18.9. The summed E-state index contributed by atoms with van der Waals surface area (Å²) in [6.45, 7) is -0.0963. The number of hydrogen-bond acceptors (Lipinski definition) is 2. The predicted molar refractivity (Wildman–Crippen MR) is 304 cm³/mol. The van der Waals surface area contributed by atoms with Crippen molar-refractivity contribution in [3.63, 3.8) is 0 Å². The first-order valence-electron chi connectivity index (χ1n) is 24.9. The minimum Gasteiger partial charge on any atom is -0.311 e. The lowest BCUT2D eigenvalue weighted by atomic mass is 9.33. The summed E-state index contributed by atoms with van der Waals surface area (Å²) in [6, 6.07) is 103. The summed E-state index contributed by atoms with van der Waals surface area (Å²) in [7, 11) is 0. The molecule has 0 atom stereocenters. The molecule has 72 heavy (non-hydrogen) atoms. The molecule has 12 aromatic rings. The van der Waals surface area contributed by atoms with Gasteiger partial charge in [-0.25, -0.2) is 0 Å². The van der Waals surface area contributed by atoms with Crippen LogP contribution in [-0.2, 0) is 0 Å². The first-order valence-corrected chi connectivity index (χ1v) is 24.9. The summed E-state index contributed by atoms with van der Waals surface area (Å²) in [4.78, 5) is 5.08. The summed E-state index contributed by atoms with van der Waals surface area (Å²) in [5.41, 5.74) is 24.8. The minimum atomic E-state index is -0.0963. The lowest BCUT2D eigenvalue weighted by Crippen LogP contribution is -2.61. The molecule has 14 rings (SSSR count). The molecule has 0 saturated heterocycles. The van der Waals surface area contributed by atoms with Crippen LogP contribution < -0.4 is 26.2 Å². The fourth-order valence-corrected chi connectivity index (χ4v) is 11.4. The number of aromatic nitrogens is 1. The molecule has 0 aliphatic carbocycles. The largest absolute Gasteiger partial charge is 0.311 e. The fraction of sp³-hybridized carbons (Fsp3) is 0. The Hall–Kier alpha value is -9.38. The third-order valence-electron chi connectivity index (χ3n) is 14.8. The number of para-hydroxylation sites is 2. The maximum absolute atomic E-state index is 2.54. The standard InChI is InChI=1S/C68H46BN3/c1-6-18-47(19-7-1)51-30-36-58(37-31-51)71-63-40-34-53(49-22-10-3-11-23-49)42-60(63)69-61-43-54(50-24-12-4-13-25-50)35-41-64(61)72(59-38-32-52(33-39-59)48-20-8-2-9-21-48)67-46-56(45-66(71)68(67)69)65-44-55-26-16-17-29-62(55)70(65)57-27-14-5-15-28-57/h1-46H. The number of nitrogens with zero attached hydrogens (tertiary/aromatic N) is 3. The third-order valence-corrected chi connectivity index (χ3v) is 14.8. The van der Waals surface area contributed by atoms with Gasteiger partial charge in [-0.1, -0.05) is 206 Å². The van der Waals surface area contributed by atoms with Gasteiger partial charge in [0.05, 0.1) is 11.2 Å². The quantitative estimate of drug-likeness (QED) is 0.141. The van der Waals surface area contributed by atoms with E-state index in [0.29, 0.717) is 0 Å². The highest BCUT2D eigenvalue weighted by molar-refractivity contribution is 7.00. The number of fused-ring (bicyclic) bond motifs is 5. The molecule has 0 radical (unpaired) electrons. The summed E-state index contributed by atoms with van der Waals surface area (Å²) in [6.07, 6.45) is 0. The van der Waals surface area contributed by atoms with E-state index in [9.17, 15) is 0 Å². The average Bonchev–Trinajstić information content (AvgIpc) is 3.86. The second-order valence-electron chi connectivity index (χ2n) is 18.9. The van der Waals surface area contributed by atoms with Crippen LogP contribution in [0.4, 0.5) is 34.1 Å². The van der Waals surface area contributed by atoms with Gasteiger partial charge in [0.1, 0.15) is 0 Å². The Morgan fingerprint density at radius 3 is 1.08 bits per heavy atom. The third kappa shape index (κ3) is 6.99. The second kappa shape index (κ2) is 17.2. The molecule has 336 valence electrons. The monoisotopic (exact) mass is 915 g/mol. The molecule has 2 aliphatic heterocycles. The highest BCUT2D eigenvalue weighted by Crippen LogP contribution is 2.48. The SMILES string of the molecule is c1ccc(-c2ccc(N3c4ccc(-c5ccccc5)cc4B4c5cc(-c6ccccc6)ccc5N(c5ccc(-c6ccccc6)cc5)c5cc(-c6cc7ccccc7n6-c6ccccc6)cc3c54)cc2)cc1. The van der Waals surface area contributed by atoms with Gasteiger partial charge in [-0.2, -0.15) is 0 Å². The van der Waals surface area contributed by atoms with Crippen molar-refractivity contribution in [2.45, 2.75) is 0 Å². The maximum atomic E-state index is 2.54. The number of benzene rings is 11. The fourth-order valence-electron chi connectivity index (χ4n) is 11.4. The van der Waals surface area contributed by atoms with E-state index >= 15 is 0 Å². The summed E-state index contributed by atoms with van der Waals surface area (Å²) in [5, 5.41) is 1.19. The van der Waals surface area contributed by atoms with Crippen LogP contribution >= 0.6 is 0 Å². The highest BCUT2D eigenvalue weighted by atomic mass is 15.2. The summed E-state index contributed by atoms with van der Waals surface area (Å²) < 4.78 is 2.44. The summed E-state index contributed by atoms with van der Waals surface area (Å²) in [5.74, 6) is 0. The van der Waals surface area contributed by atoms with E-state index in [1.165, 1.54) is 83.2 Å². The van der Waals surface area contributed by atoms with Crippen molar-refractivity contribution in [3.05, 3.63) is 279 Å². The van der Waals surface area contributed by atoms with Crippen LogP contribution in [0.1, 0.15) is 0 Å². The van der Waals surface area contributed by atoms with Crippen LogP contribution in [0.2, 0.25) is 0 Å². The topological polar surface area (TPSA) is 11.4 Å². The molecule has 0 saturated carbocycles. The molecule has 0 amide bonds. The zero-order valence-electron chi connectivity index (χ0n) is 39.5. The molecule has 3 nitrogen and oxygen atoms in total. The van der Waals surface area contributed by atoms with Crippen LogP contribution in [0.5, 0.6) is 0 Å². The molecule has 0 fully saturated rings. The van der Waals surface area contributed by atoms with Gasteiger partial charge in [0, 0.05) is 50.8 Å². The molecule has 0 spiro atoms. The van der Waals surface area contributed by atoms with Gasteiger partial charge in [0.2, 0.25) is 0 Å². The van der Waals surface area contributed by atoms with Gasteiger partial charge in [0.15, 0.2) is 0 Å². The molecule has 1 aromatic heterocycles. The van der Waals surface area contributed by atoms with E-state index in [-0.39, 0.29) is 6.71 Å². The van der Waals surface area contributed by atoms with Crippen LogP contribution in [0.25, 0.3) is 72.4 Å². The molecule has 3 heterocycles. The number of anilines is 6. The first-order chi connectivity index (χ1) is 35.7. The lowest BCUT2D eigenvalue weighted by Gasteiger charge is -2.44. The molecule has 0 bridgehead atoms. The highest BCUT2D eigenvalue weighted by Gasteiger charge is 2.44. The van der Waals surface area contributed by atoms with Crippen molar-refractivity contribution < 1.29 is 0 Å². The zero-order chi connectivity index (χ0) is 47.5. The van der Waals surface area contributed by atoms with Crippen molar-refractivity contribution in [1.82, 2.24) is 4.57 Å². The van der Waals surface area contributed by atoms with Crippen LogP contribution in [0.15, 0.2) is 279 Å². The molecule has 0 unspecified atom stereocenters. The Bertz CT molecular complexity index is 3750. The van der Waals surface area contributed by atoms with E-state index in [4.69, 9.17) is 0 Å². The zero-order valence-corrected chi connectivity index (χ0v) is 39.5. The van der Waals surface area contributed by atoms with E-state index in [0.717, 1.165) is 39.7 Å². The molecule has 4 heteroatoms. The maximum Gasteiger partial charge on any atom is 0.252 e. The molecule has 0 N–H and O–H groups in total. The van der Waals surface area contributed by atoms with Gasteiger partial charge >= 0.3 is 0 Å². The Labute approximate surface area is 420 Å². The smallest absolute Gasteiger partial charge is 0.252 e. The molecular weight excluding hydrogens is 870 g/mol. The van der Waals surface area contributed by atoms with Crippen LogP contribution in [-0.4, -0.2) is 11.3 Å². The van der Waals surface area contributed by atoms with Crippen molar-refractivity contribution in [1.29, 1.82) is 0 Å². The number of rotatable bonds is 8. The van der Waals surface area contributed by atoms with Gasteiger partial charge < -0.3 is 14.4 Å². The van der Waals surface area contributed by atoms with Gasteiger partial charge in [0.25, 0.3) is 6.71 Å². The van der Waals surface area contributed by atoms with Crippen molar-refractivity contribution in [2.24, 2.45) is 0 Å². The summed E-state index contributed by atoms with van der Waals surface area (Å²) >= 11 is 0.